The van der Waals surface area contributed by atoms with Gasteiger partial charge in [0.25, 0.3) is 0 Å². The molecule has 0 saturated carbocycles. The van der Waals surface area contributed by atoms with E-state index >= 15 is 0 Å². The highest BCUT2D eigenvalue weighted by atomic mass is 79.9. The van der Waals surface area contributed by atoms with Gasteiger partial charge in [-0.05, 0) is 48.8 Å². The van der Waals surface area contributed by atoms with Crippen LogP contribution in [0.5, 0.6) is 0 Å². The van der Waals surface area contributed by atoms with Crippen LogP contribution in [0.1, 0.15) is 46.2 Å². The van der Waals surface area contributed by atoms with E-state index in [1.54, 1.807) is 0 Å². The van der Waals surface area contributed by atoms with Crippen molar-refractivity contribution in [2.45, 2.75) is 52.5 Å². The molecule has 0 aliphatic rings. The lowest BCUT2D eigenvalue weighted by Crippen LogP contribution is -2.28. The van der Waals surface area contributed by atoms with Crippen molar-refractivity contribution in [3.05, 3.63) is 16.4 Å². The van der Waals surface area contributed by atoms with E-state index in [1.807, 2.05) is 6.20 Å². The number of hydrogen-bond acceptors (Lipinski definition) is 2. The second-order valence-corrected chi connectivity index (χ2v) is 5.90. The van der Waals surface area contributed by atoms with Gasteiger partial charge in [-0.15, -0.1) is 0 Å². The second kappa shape index (κ2) is 6.55. The summed E-state index contributed by atoms with van der Waals surface area (Å²) in [7, 11) is 0. The van der Waals surface area contributed by atoms with Crippen LogP contribution in [0.2, 0.25) is 0 Å². The normalized spacial score (nSPS) is 12.1. The van der Waals surface area contributed by atoms with Crippen LogP contribution in [0.25, 0.3) is 0 Å². The number of halogens is 1. The summed E-state index contributed by atoms with van der Waals surface area (Å²) >= 11 is 3.61. The van der Waals surface area contributed by atoms with Crippen LogP contribution >= 0.6 is 15.9 Å². The van der Waals surface area contributed by atoms with Gasteiger partial charge in [0.15, 0.2) is 0 Å². The zero-order valence-corrected chi connectivity index (χ0v) is 13.0. The van der Waals surface area contributed by atoms with Crippen molar-refractivity contribution < 1.29 is 0 Å². The fraction of sp³-hybridized carbons (Fsp3) is 0.769. The molecule has 1 heterocycles. The Labute approximate surface area is 113 Å². The number of rotatable bonds is 7. The first-order chi connectivity index (χ1) is 8.03. The number of hydrogen-bond donors (Lipinski definition) is 1. The largest absolute Gasteiger partial charge is 0.317 e. The molecule has 0 bridgehead atoms. The highest BCUT2D eigenvalue weighted by Gasteiger charge is 2.26. The molecular formula is C13H24BrN3. The van der Waals surface area contributed by atoms with E-state index in [-0.39, 0.29) is 5.41 Å². The lowest BCUT2D eigenvalue weighted by Gasteiger charge is -2.26. The first-order valence-corrected chi connectivity index (χ1v) is 7.24. The summed E-state index contributed by atoms with van der Waals surface area (Å²) in [5.74, 6) is 0. The molecule has 1 aromatic heterocycles. The average Bonchev–Trinajstić information content (AvgIpc) is 2.66. The van der Waals surface area contributed by atoms with Gasteiger partial charge in [-0.1, -0.05) is 20.8 Å². The van der Waals surface area contributed by atoms with Gasteiger partial charge in [0, 0.05) is 12.0 Å². The Morgan fingerprint density at radius 3 is 2.65 bits per heavy atom. The Hall–Kier alpha value is -0.350. The Balaban J connectivity index is 2.70. The summed E-state index contributed by atoms with van der Waals surface area (Å²) in [6, 6.07) is 0. The zero-order valence-electron chi connectivity index (χ0n) is 11.4. The molecule has 4 heteroatoms. The summed E-state index contributed by atoms with van der Waals surface area (Å²) in [5, 5.41) is 7.86. The molecule has 0 saturated heterocycles. The minimum absolute atomic E-state index is 0.145. The molecule has 0 amide bonds. The van der Waals surface area contributed by atoms with Gasteiger partial charge in [-0.25, -0.2) is 0 Å². The molecule has 1 rings (SSSR count). The van der Waals surface area contributed by atoms with E-state index in [9.17, 15) is 0 Å². The third-order valence-corrected chi connectivity index (χ3v) is 3.67. The number of aromatic nitrogens is 2. The number of nitrogens with zero attached hydrogens (tertiary/aromatic N) is 2. The molecule has 0 radical (unpaired) electrons. The van der Waals surface area contributed by atoms with Gasteiger partial charge in [-0.3, -0.25) is 4.68 Å². The van der Waals surface area contributed by atoms with Gasteiger partial charge in [0.05, 0.1) is 16.4 Å². The van der Waals surface area contributed by atoms with E-state index < -0.39 is 0 Å². The maximum atomic E-state index is 4.39. The van der Waals surface area contributed by atoms with E-state index in [0.29, 0.717) is 0 Å². The van der Waals surface area contributed by atoms with Crippen molar-refractivity contribution in [1.29, 1.82) is 0 Å². The lowest BCUT2D eigenvalue weighted by atomic mass is 9.85. The summed E-state index contributed by atoms with van der Waals surface area (Å²) in [4.78, 5) is 0. The molecule has 0 aliphatic heterocycles. The first kappa shape index (κ1) is 14.7. The van der Waals surface area contributed by atoms with Crippen molar-refractivity contribution in [3.63, 3.8) is 0 Å². The lowest BCUT2D eigenvalue weighted by molar-refractivity contribution is 0.414. The van der Waals surface area contributed by atoms with Crippen LogP contribution in [-0.2, 0) is 12.0 Å². The fourth-order valence-corrected chi connectivity index (χ4v) is 2.93. The predicted octanol–water partition coefficient (Wildman–Crippen LogP) is 3.33. The molecule has 1 N–H and O–H groups in total. The molecule has 0 spiro atoms. The van der Waals surface area contributed by atoms with Crippen molar-refractivity contribution in [2.24, 2.45) is 0 Å². The van der Waals surface area contributed by atoms with E-state index in [0.717, 1.165) is 30.5 Å². The molecule has 17 heavy (non-hydrogen) atoms. The maximum Gasteiger partial charge on any atom is 0.0635 e. The Morgan fingerprint density at radius 1 is 1.35 bits per heavy atom. The van der Waals surface area contributed by atoms with Crippen molar-refractivity contribution >= 4 is 15.9 Å². The number of nitrogens with one attached hydrogen (secondary N) is 1. The Morgan fingerprint density at radius 2 is 2.06 bits per heavy atom. The van der Waals surface area contributed by atoms with Crippen LogP contribution in [-0.4, -0.2) is 22.9 Å². The van der Waals surface area contributed by atoms with E-state index in [1.165, 1.54) is 12.1 Å². The van der Waals surface area contributed by atoms with Crippen molar-refractivity contribution in [1.82, 2.24) is 15.1 Å². The maximum absolute atomic E-state index is 4.39. The van der Waals surface area contributed by atoms with Gasteiger partial charge >= 0.3 is 0 Å². The summed E-state index contributed by atoms with van der Waals surface area (Å²) in [5.41, 5.74) is 1.45. The van der Waals surface area contributed by atoms with Gasteiger partial charge in [-0.2, -0.15) is 5.10 Å². The molecule has 0 aliphatic carbocycles. The van der Waals surface area contributed by atoms with Crippen LogP contribution in [0.3, 0.4) is 0 Å². The molecule has 1 aromatic rings. The Kier molecular flexibility index (Phi) is 5.67. The smallest absolute Gasteiger partial charge is 0.0635 e. The molecule has 3 nitrogen and oxygen atoms in total. The third-order valence-electron chi connectivity index (χ3n) is 3.09. The summed E-state index contributed by atoms with van der Waals surface area (Å²) < 4.78 is 3.21. The highest BCUT2D eigenvalue weighted by Crippen LogP contribution is 2.32. The fourth-order valence-electron chi connectivity index (χ4n) is 2.10. The zero-order chi connectivity index (χ0) is 12.9. The van der Waals surface area contributed by atoms with Crippen molar-refractivity contribution in [3.8, 4) is 0 Å². The predicted molar refractivity (Wildman–Crippen MR) is 76.4 cm³/mol. The minimum Gasteiger partial charge on any atom is -0.317 e. The topological polar surface area (TPSA) is 29.9 Å². The SMILES string of the molecule is CCCNCCC(C)(C)c1c(Br)cnn1CC. The van der Waals surface area contributed by atoms with E-state index in [2.05, 4.69) is 58.7 Å². The standard InChI is InChI=1S/C13H24BrN3/c1-5-8-15-9-7-13(3,4)12-11(14)10-16-17(12)6-2/h10,15H,5-9H2,1-4H3. The molecule has 0 aromatic carbocycles. The number of aryl methyl sites for hydroxylation is 1. The van der Waals surface area contributed by atoms with Crippen LogP contribution in [0.15, 0.2) is 10.7 Å². The summed E-state index contributed by atoms with van der Waals surface area (Å²) in [6.07, 6.45) is 4.22. The molecule has 0 atom stereocenters. The molecule has 0 unspecified atom stereocenters. The van der Waals surface area contributed by atoms with Crippen molar-refractivity contribution in [2.75, 3.05) is 13.1 Å². The Bertz CT molecular complexity index is 344. The van der Waals surface area contributed by atoms with Crippen LogP contribution in [0.4, 0.5) is 0 Å². The molecule has 98 valence electrons. The first-order valence-electron chi connectivity index (χ1n) is 6.45. The third kappa shape index (κ3) is 3.81. The average molecular weight is 302 g/mol. The highest BCUT2D eigenvalue weighted by molar-refractivity contribution is 9.10. The molecular weight excluding hydrogens is 278 g/mol. The van der Waals surface area contributed by atoms with Gasteiger partial charge in [0.1, 0.15) is 0 Å². The minimum atomic E-state index is 0.145. The quantitative estimate of drug-likeness (QED) is 0.783. The van der Waals surface area contributed by atoms with Gasteiger partial charge < -0.3 is 5.32 Å². The monoisotopic (exact) mass is 301 g/mol. The summed E-state index contributed by atoms with van der Waals surface area (Å²) in [6.45, 7) is 12.0. The molecule has 0 fully saturated rings. The van der Waals surface area contributed by atoms with E-state index in [4.69, 9.17) is 0 Å². The van der Waals surface area contributed by atoms with Gasteiger partial charge in [0.2, 0.25) is 0 Å². The second-order valence-electron chi connectivity index (χ2n) is 5.04. The van der Waals surface area contributed by atoms with Crippen LogP contribution < -0.4 is 5.32 Å². The van der Waals surface area contributed by atoms with Crippen LogP contribution in [0, 0.1) is 0 Å².